The van der Waals surface area contributed by atoms with E-state index in [1.165, 1.54) is 18.5 Å². The van der Waals surface area contributed by atoms with E-state index in [2.05, 4.69) is 15.0 Å². The number of carbonyl (C=O) groups is 1. The van der Waals surface area contributed by atoms with Crippen molar-refractivity contribution in [1.29, 1.82) is 0 Å². The van der Waals surface area contributed by atoms with Gasteiger partial charge < -0.3 is 19.8 Å². The Balaban J connectivity index is 1.74. The topological polar surface area (TPSA) is 95.9 Å². The molecule has 0 saturated heterocycles. The van der Waals surface area contributed by atoms with E-state index in [0.717, 1.165) is 11.8 Å². The second-order valence-electron chi connectivity index (χ2n) is 7.30. The number of halogens is 1. The normalized spacial score (nSPS) is 16.6. The maximum Gasteiger partial charge on any atom is 0.166 e. The first-order valence-corrected chi connectivity index (χ1v) is 9.73. The van der Waals surface area contributed by atoms with Crippen LogP contribution in [0, 0.1) is 5.82 Å². The van der Waals surface area contributed by atoms with Gasteiger partial charge in [-0.05, 0) is 30.7 Å². The van der Waals surface area contributed by atoms with Crippen LogP contribution in [0.4, 0.5) is 10.2 Å². The molecule has 7 nitrogen and oxygen atoms in total. The molecule has 2 aromatic carbocycles. The van der Waals surface area contributed by atoms with Crippen molar-refractivity contribution in [2.24, 2.45) is 0 Å². The molecule has 31 heavy (non-hydrogen) atoms. The summed E-state index contributed by atoms with van der Waals surface area (Å²) in [6.07, 6.45) is 3.82. The number of ether oxygens (including phenoxy) is 1. The molecule has 8 heteroatoms. The van der Waals surface area contributed by atoms with Crippen LogP contribution in [0.15, 0.2) is 66.9 Å². The first-order chi connectivity index (χ1) is 15.1. The number of aromatic nitrogens is 4. The van der Waals surface area contributed by atoms with Crippen LogP contribution in [0.2, 0.25) is 0 Å². The number of nitrogens with two attached hydrogens (primary N) is 1. The van der Waals surface area contributed by atoms with Crippen LogP contribution in [0.5, 0.6) is 5.75 Å². The molecule has 3 heterocycles. The predicted molar refractivity (Wildman–Crippen MR) is 114 cm³/mol. The first-order valence-electron chi connectivity index (χ1n) is 9.73. The highest BCUT2D eigenvalue weighted by Crippen LogP contribution is 2.46. The monoisotopic (exact) mass is 415 g/mol. The van der Waals surface area contributed by atoms with Crippen molar-refractivity contribution in [3.63, 3.8) is 0 Å². The van der Waals surface area contributed by atoms with Gasteiger partial charge >= 0.3 is 0 Å². The van der Waals surface area contributed by atoms with Crippen molar-refractivity contribution >= 4 is 28.8 Å². The van der Waals surface area contributed by atoms with Crippen molar-refractivity contribution in [2.45, 2.75) is 18.9 Å². The highest BCUT2D eigenvalue weighted by atomic mass is 19.1. The third-order valence-electron chi connectivity index (χ3n) is 5.51. The molecule has 0 spiro atoms. The summed E-state index contributed by atoms with van der Waals surface area (Å²) in [6, 6.07) is 13.3. The maximum absolute atomic E-state index is 14.0. The molecule has 0 amide bonds. The van der Waals surface area contributed by atoms with Crippen LogP contribution >= 0.6 is 0 Å². The summed E-state index contributed by atoms with van der Waals surface area (Å²) >= 11 is 0. The number of aldehydes is 1. The van der Waals surface area contributed by atoms with Gasteiger partial charge in [0.2, 0.25) is 0 Å². The van der Waals surface area contributed by atoms with Gasteiger partial charge in [0.15, 0.2) is 11.5 Å². The van der Waals surface area contributed by atoms with Gasteiger partial charge in [-0.15, -0.1) is 0 Å². The fraction of sp³-hybridized carbons (Fsp3) is 0.130. The number of allylic oxidation sites excluding steroid dienone is 2. The molecular formula is C23H18FN5O2. The van der Waals surface area contributed by atoms with Crippen LogP contribution in [0.25, 0.3) is 16.7 Å². The smallest absolute Gasteiger partial charge is 0.166 e. The third-order valence-corrected chi connectivity index (χ3v) is 5.51. The van der Waals surface area contributed by atoms with Crippen LogP contribution < -0.4 is 10.5 Å². The van der Waals surface area contributed by atoms with E-state index < -0.39 is 11.7 Å². The summed E-state index contributed by atoms with van der Waals surface area (Å²) in [5.74, 6) is 0.168. The van der Waals surface area contributed by atoms with Crippen molar-refractivity contribution in [3.05, 3.63) is 83.9 Å². The lowest BCUT2D eigenvalue weighted by molar-refractivity contribution is -0.108. The second-order valence-corrected chi connectivity index (χ2v) is 7.30. The van der Waals surface area contributed by atoms with Gasteiger partial charge in [-0.2, -0.15) is 0 Å². The lowest BCUT2D eigenvalue weighted by Gasteiger charge is -2.31. The molecule has 1 aliphatic heterocycles. The Morgan fingerprint density at radius 1 is 1.16 bits per heavy atom. The molecule has 2 atom stereocenters. The Morgan fingerprint density at radius 2 is 1.97 bits per heavy atom. The van der Waals surface area contributed by atoms with E-state index in [-0.39, 0.29) is 11.9 Å². The number of anilines is 1. The second kappa shape index (κ2) is 7.32. The predicted octanol–water partition coefficient (Wildman–Crippen LogP) is 3.90. The number of fused-ring (bicyclic) bond motifs is 2. The van der Waals surface area contributed by atoms with Crippen molar-refractivity contribution in [3.8, 4) is 5.75 Å². The van der Waals surface area contributed by atoms with E-state index in [4.69, 9.17) is 10.5 Å². The molecular weight excluding hydrogens is 397 g/mol. The van der Waals surface area contributed by atoms with Crippen LogP contribution in [-0.4, -0.2) is 25.8 Å². The lowest BCUT2D eigenvalue weighted by Crippen LogP contribution is -2.22. The van der Waals surface area contributed by atoms with Crippen LogP contribution in [0.3, 0.4) is 0 Å². The van der Waals surface area contributed by atoms with Gasteiger partial charge in [0, 0.05) is 11.1 Å². The summed E-state index contributed by atoms with van der Waals surface area (Å²) in [5.41, 5.74) is 8.95. The third kappa shape index (κ3) is 3.04. The first kappa shape index (κ1) is 18.9. The zero-order valence-corrected chi connectivity index (χ0v) is 16.6. The summed E-state index contributed by atoms with van der Waals surface area (Å²) in [7, 11) is 0. The minimum absolute atomic E-state index is 0.282. The molecule has 0 saturated carbocycles. The highest BCUT2D eigenvalue weighted by molar-refractivity contribution is 5.90. The number of imidazole rings is 1. The Bertz CT molecular complexity index is 1330. The number of nitrogens with zero attached hydrogens (tertiary/aromatic N) is 4. The number of carbonyl (C=O) groups excluding carboxylic acids is 1. The fourth-order valence-electron chi connectivity index (χ4n) is 4.01. The van der Waals surface area contributed by atoms with Gasteiger partial charge in [-0.25, -0.2) is 19.3 Å². The summed E-state index contributed by atoms with van der Waals surface area (Å²) in [4.78, 5) is 24.9. The van der Waals surface area contributed by atoms with Gasteiger partial charge in [-0.1, -0.05) is 30.3 Å². The minimum atomic E-state index is -0.686. The zero-order chi connectivity index (χ0) is 21.5. The molecule has 1 aliphatic rings. The van der Waals surface area contributed by atoms with E-state index in [9.17, 15) is 9.18 Å². The molecule has 2 N–H and O–H groups in total. The van der Waals surface area contributed by atoms with Gasteiger partial charge in [0.05, 0.1) is 18.3 Å². The molecule has 154 valence electrons. The maximum atomic E-state index is 14.0. The average molecular weight is 415 g/mol. The van der Waals surface area contributed by atoms with Crippen LogP contribution in [0.1, 0.15) is 30.0 Å². The summed E-state index contributed by atoms with van der Waals surface area (Å²) in [5, 5.41) is 0. The summed E-state index contributed by atoms with van der Waals surface area (Å²) < 4.78 is 22.1. The van der Waals surface area contributed by atoms with Gasteiger partial charge in [0.1, 0.15) is 35.5 Å². The molecule has 5 rings (SSSR count). The number of hydrogen-bond donors (Lipinski definition) is 1. The zero-order valence-electron chi connectivity index (χ0n) is 16.6. The SMILES string of the molecule is CC(C1=C(c2ccccc2)C(C=O)c2cc(F)ccc2O1)n1cnc2c(N)ncnc21. The summed E-state index contributed by atoms with van der Waals surface area (Å²) in [6.45, 7) is 1.92. The number of nitrogen functional groups attached to an aromatic ring is 1. The molecule has 0 fully saturated rings. The minimum Gasteiger partial charge on any atom is -0.459 e. The quantitative estimate of drug-likeness (QED) is 0.508. The number of hydrogen-bond acceptors (Lipinski definition) is 6. The molecule has 4 aromatic rings. The van der Waals surface area contributed by atoms with Crippen molar-refractivity contribution in [2.75, 3.05) is 5.73 Å². The fourth-order valence-corrected chi connectivity index (χ4v) is 4.01. The highest BCUT2D eigenvalue weighted by Gasteiger charge is 2.34. The largest absolute Gasteiger partial charge is 0.459 e. The van der Waals surface area contributed by atoms with Crippen molar-refractivity contribution in [1.82, 2.24) is 19.5 Å². The average Bonchev–Trinajstić information content (AvgIpc) is 3.23. The molecule has 0 radical (unpaired) electrons. The molecule has 0 bridgehead atoms. The van der Waals surface area contributed by atoms with E-state index in [1.54, 1.807) is 12.4 Å². The van der Waals surface area contributed by atoms with E-state index >= 15 is 0 Å². The van der Waals surface area contributed by atoms with Crippen molar-refractivity contribution < 1.29 is 13.9 Å². The molecule has 2 unspecified atom stereocenters. The number of benzene rings is 2. The Hall–Kier alpha value is -4.07. The standard InChI is InChI=1S/C23H18FN5O2/c1-13(29-12-28-20-22(25)26-11-27-23(20)29)21-19(14-5-3-2-4-6-14)17(10-30)16-9-15(24)7-8-18(16)31-21/h2-13,17H,1H3,(H2,25,26,27). The molecule has 2 aromatic heterocycles. The van der Waals surface area contributed by atoms with E-state index in [0.29, 0.717) is 33.8 Å². The molecule has 0 aliphatic carbocycles. The Kier molecular flexibility index (Phi) is 4.47. The van der Waals surface area contributed by atoms with E-state index in [1.807, 2.05) is 41.8 Å². The Labute approximate surface area is 177 Å². The van der Waals surface area contributed by atoms with Gasteiger partial charge in [-0.3, -0.25) is 0 Å². The van der Waals surface area contributed by atoms with Crippen LogP contribution in [-0.2, 0) is 4.79 Å². The number of rotatable bonds is 4. The Morgan fingerprint density at radius 3 is 2.74 bits per heavy atom. The lowest BCUT2D eigenvalue weighted by atomic mass is 9.83. The van der Waals surface area contributed by atoms with Gasteiger partial charge in [0.25, 0.3) is 0 Å².